The van der Waals surface area contributed by atoms with Crippen molar-refractivity contribution in [2.45, 2.75) is 0 Å². The Hall–Kier alpha value is -2.53. The van der Waals surface area contributed by atoms with E-state index in [1.165, 1.54) is 23.6 Å². The topological polar surface area (TPSA) is 37.3 Å². The lowest BCUT2D eigenvalue weighted by molar-refractivity contribution is 0.626. The highest BCUT2D eigenvalue weighted by atomic mass is 32.1. The number of hydrogen-bond acceptors (Lipinski definition) is 4. The molecule has 5 heteroatoms. The van der Waals surface area contributed by atoms with Crippen LogP contribution < -0.4 is 5.43 Å². The Kier molecular flexibility index (Phi) is 4.02. The van der Waals surface area contributed by atoms with E-state index < -0.39 is 0 Å². The molecule has 0 unspecified atom stereocenters. The first-order chi connectivity index (χ1) is 10.3. The van der Waals surface area contributed by atoms with Crippen molar-refractivity contribution < 1.29 is 4.39 Å². The van der Waals surface area contributed by atoms with Crippen molar-refractivity contribution in [1.82, 2.24) is 4.98 Å². The second-order valence-corrected chi connectivity index (χ2v) is 5.15. The molecule has 1 N–H and O–H groups in total. The third-order valence-corrected chi connectivity index (χ3v) is 3.59. The van der Waals surface area contributed by atoms with E-state index in [0.717, 1.165) is 11.3 Å². The number of aromatic nitrogens is 1. The van der Waals surface area contributed by atoms with E-state index in [0.29, 0.717) is 10.7 Å². The number of anilines is 1. The fourth-order valence-electron chi connectivity index (χ4n) is 1.80. The average molecular weight is 297 g/mol. The number of hydrazone groups is 1. The number of halogens is 1. The van der Waals surface area contributed by atoms with Crippen molar-refractivity contribution in [3.63, 3.8) is 0 Å². The molecule has 0 bridgehead atoms. The minimum absolute atomic E-state index is 0.299. The Labute approximate surface area is 125 Å². The summed E-state index contributed by atoms with van der Waals surface area (Å²) in [6, 6.07) is 16.4. The zero-order valence-electron chi connectivity index (χ0n) is 11.0. The lowest BCUT2D eigenvalue weighted by Gasteiger charge is -1.96. The predicted molar refractivity (Wildman–Crippen MR) is 85.2 cm³/mol. The first-order valence-electron chi connectivity index (χ1n) is 6.37. The predicted octanol–water partition coefficient (Wildman–Crippen LogP) is 4.40. The van der Waals surface area contributed by atoms with Crippen molar-refractivity contribution in [1.29, 1.82) is 0 Å². The Morgan fingerprint density at radius 2 is 1.81 bits per heavy atom. The van der Waals surface area contributed by atoms with Crippen LogP contribution in [-0.4, -0.2) is 11.2 Å². The van der Waals surface area contributed by atoms with Crippen LogP contribution in [0.2, 0.25) is 0 Å². The summed E-state index contributed by atoms with van der Waals surface area (Å²) < 4.78 is 13.4. The third-order valence-electron chi connectivity index (χ3n) is 2.84. The fraction of sp³-hybridized carbons (Fsp3) is 0. The van der Waals surface area contributed by atoms with Gasteiger partial charge in [0.05, 0.1) is 11.9 Å². The maximum absolute atomic E-state index is 13.4. The summed E-state index contributed by atoms with van der Waals surface area (Å²) in [6.07, 6.45) is 1.44. The molecule has 0 amide bonds. The van der Waals surface area contributed by atoms with Gasteiger partial charge in [0.1, 0.15) is 5.82 Å². The third kappa shape index (κ3) is 3.32. The molecule has 0 aliphatic rings. The first kappa shape index (κ1) is 13.5. The number of benzene rings is 2. The molecule has 0 radical (unpaired) electrons. The standard InChI is InChI=1S/C16H12FN3S/c17-14-9-5-4-8-13(14)10-18-20-16-19-15(11-21-16)12-6-2-1-3-7-12/h1-11H,(H,19,20)/b18-10+. The van der Waals surface area contributed by atoms with Crippen LogP contribution in [0.4, 0.5) is 9.52 Å². The van der Waals surface area contributed by atoms with Gasteiger partial charge < -0.3 is 0 Å². The summed E-state index contributed by atoms with van der Waals surface area (Å²) in [6.45, 7) is 0. The Morgan fingerprint density at radius 3 is 2.62 bits per heavy atom. The van der Waals surface area contributed by atoms with Crippen LogP contribution in [0.25, 0.3) is 11.3 Å². The van der Waals surface area contributed by atoms with Gasteiger partial charge >= 0.3 is 0 Å². The lowest BCUT2D eigenvalue weighted by Crippen LogP contribution is -1.92. The highest BCUT2D eigenvalue weighted by Gasteiger charge is 2.03. The van der Waals surface area contributed by atoms with Gasteiger partial charge in [0.2, 0.25) is 5.13 Å². The Morgan fingerprint density at radius 1 is 1.05 bits per heavy atom. The second kappa shape index (κ2) is 6.28. The van der Waals surface area contributed by atoms with Crippen LogP contribution in [-0.2, 0) is 0 Å². The van der Waals surface area contributed by atoms with Gasteiger partial charge in [-0.15, -0.1) is 11.3 Å². The van der Waals surface area contributed by atoms with Crippen molar-refractivity contribution in [3.05, 3.63) is 71.4 Å². The molecule has 0 atom stereocenters. The molecule has 21 heavy (non-hydrogen) atoms. The molecule has 3 nitrogen and oxygen atoms in total. The molecule has 0 saturated heterocycles. The number of nitrogens with zero attached hydrogens (tertiary/aromatic N) is 2. The molecule has 1 aromatic heterocycles. The van der Waals surface area contributed by atoms with Crippen molar-refractivity contribution in [3.8, 4) is 11.3 Å². The van der Waals surface area contributed by atoms with Gasteiger partial charge in [0, 0.05) is 16.5 Å². The van der Waals surface area contributed by atoms with Crippen LogP contribution in [0.15, 0.2) is 65.1 Å². The Bertz CT molecular complexity index is 753. The molecule has 3 rings (SSSR count). The molecular weight excluding hydrogens is 285 g/mol. The summed E-state index contributed by atoms with van der Waals surface area (Å²) in [5.74, 6) is -0.299. The number of thiazole rings is 1. The number of rotatable bonds is 4. The van der Waals surface area contributed by atoms with E-state index in [1.807, 2.05) is 35.7 Å². The summed E-state index contributed by atoms with van der Waals surface area (Å²) >= 11 is 1.45. The molecule has 0 aliphatic carbocycles. The summed E-state index contributed by atoms with van der Waals surface area (Å²) in [5.41, 5.74) is 5.20. The summed E-state index contributed by atoms with van der Waals surface area (Å²) in [7, 11) is 0. The first-order valence-corrected chi connectivity index (χ1v) is 7.25. The molecule has 0 fully saturated rings. The maximum atomic E-state index is 13.4. The summed E-state index contributed by atoms with van der Waals surface area (Å²) in [5, 5.41) is 6.64. The normalized spacial score (nSPS) is 10.9. The molecule has 0 spiro atoms. The molecule has 104 valence electrons. The van der Waals surface area contributed by atoms with Crippen LogP contribution in [0.3, 0.4) is 0 Å². The van der Waals surface area contributed by atoms with Crippen LogP contribution in [0.1, 0.15) is 5.56 Å². The highest BCUT2D eigenvalue weighted by Crippen LogP contribution is 2.24. The van der Waals surface area contributed by atoms with E-state index in [1.54, 1.807) is 18.2 Å². The molecule has 3 aromatic rings. The van der Waals surface area contributed by atoms with Gasteiger partial charge in [0.15, 0.2) is 0 Å². The van der Waals surface area contributed by atoms with E-state index in [-0.39, 0.29) is 5.82 Å². The monoisotopic (exact) mass is 297 g/mol. The number of hydrogen-bond donors (Lipinski definition) is 1. The molecule has 0 saturated carbocycles. The van der Waals surface area contributed by atoms with E-state index >= 15 is 0 Å². The van der Waals surface area contributed by atoms with Crippen LogP contribution >= 0.6 is 11.3 Å². The SMILES string of the molecule is Fc1ccccc1/C=N/Nc1nc(-c2ccccc2)cs1. The smallest absolute Gasteiger partial charge is 0.203 e. The second-order valence-electron chi connectivity index (χ2n) is 4.30. The zero-order chi connectivity index (χ0) is 14.5. The minimum Gasteiger partial charge on any atom is -0.253 e. The van der Waals surface area contributed by atoms with E-state index in [2.05, 4.69) is 15.5 Å². The number of nitrogens with one attached hydrogen (secondary N) is 1. The Balaban J connectivity index is 1.70. The maximum Gasteiger partial charge on any atom is 0.203 e. The quantitative estimate of drug-likeness (QED) is 0.572. The zero-order valence-corrected chi connectivity index (χ0v) is 11.8. The lowest BCUT2D eigenvalue weighted by atomic mass is 10.2. The van der Waals surface area contributed by atoms with Crippen molar-refractivity contribution in [2.75, 3.05) is 5.43 Å². The summed E-state index contributed by atoms with van der Waals surface area (Å²) in [4.78, 5) is 4.43. The minimum atomic E-state index is -0.299. The molecule has 1 heterocycles. The fourth-order valence-corrected chi connectivity index (χ4v) is 2.47. The molecule has 2 aromatic carbocycles. The van der Waals surface area contributed by atoms with Crippen LogP contribution in [0.5, 0.6) is 0 Å². The van der Waals surface area contributed by atoms with Crippen molar-refractivity contribution in [2.24, 2.45) is 5.10 Å². The van der Waals surface area contributed by atoms with Gasteiger partial charge in [-0.05, 0) is 6.07 Å². The van der Waals surface area contributed by atoms with Crippen molar-refractivity contribution >= 4 is 22.7 Å². The molecular formula is C16H12FN3S. The largest absolute Gasteiger partial charge is 0.253 e. The molecule has 0 aliphatic heterocycles. The average Bonchev–Trinajstić information content (AvgIpc) is 2.99. The van der Waals surface area contributed by atoms with Gasteiger partial charge in [-0.1, -0.05) is 48.5 Å². The van der Waals surface area contributed by atoms with Gasteiger partial charge in [-0.3, -0.25) is 5.43 Å². The van der Waals surface area contributed by atoms with Gasteiger partial charge in [-0.25, -0.2) is 9.37 Å². The highest BCUT2D eigenvalue weighted by molar-refractivity contribution is 7.14. The van der Waals surface area contributed by atoms with Gasteiger partial charge in [0.25, 0.3) is 0 Å². The van der Waals surface area contributed by atoms with E-state index in [9.17, 15) is 4.39 Å². The van der Waals surface area contributed by atoms with Crippen LogP contribution in [0, 0.1) is 5.82 Å². The van der Waals surface area contributed by atoms with Gasteiger partial charge in [-0.2, -0.15) is 5.10 Å². The van der Waals surface area contributed by atoms with E-state index in [4.69, 9.17) is 0 Å².